The summed E-state index contributed by atoms with van der Waals surface area (Å²) in [6.07, 6.45) is 3.49. The third-order valence-electron chi connectivity index (χ3n) is 3.89. The lowest BCUT2D eigenvalue weighted by Crippen LogP contribution is -2.28. The molecule has 0 unspecified atom stereocenters. The monoisotopic (exact) mass is 388 g/mol. The molecule has 126 valence electrons. The Morgan fingerprint density at radius 1 is 1.29 bits per heavy atom. The zero-order valence-electron chi connectivity index (χ0n) is 13.9. The third kappa shape index (κ3) is 4.10. The lowest BCUT2D eigenvalue weighted by molar-refractivity contribution is 0.291. The Hall–Kier alpha value is -1.99. The number of likely N-dealkylation sites (N-methyl/N-ethyl adjacent to an activating group) is 1. The first-order valence-electron chi connectivity index (χ1n) is 8.00. The van der Waals surface area contributed by atoms with Gasteiger partial charge in [-0.15, -0.1) is 0 Å². The summed E-state index contributed by atoms with van der Waals surface area (Å²) in [6, 6.07) is 8.45. The zero-order chi connectivity index (χ0) is 16.9. The normalized spacial score (nSPS) is 11.3. The number of fused-ring (bicyclic) bond motifs is 1. The highest BCUT2D eigenvalue weighted by Gasteiger charge is 2.08. The quantitative estimate of drug-likeness (QED) is 0.673. The van der Waals surface area contributed by atoms with E-state index in [2.05, 4.69) is 72.4 Å². The number of benzene rings is 1. The minimum absolute atomic E-state index is 0.719. The third-order valence-corrected chi connectivity index (χ3v) is 4.39. The van der Waals surface area contributed by atoms with Crippen molar-refractivity contribution in [2.24, 2.45) is 7.05 Å². The highest BCUT2D eigenvalue weighted by Crippen LogP contribution is 2.17. The van der Waals surface area contributed by atoms with Crippen molar-refractivity contribution < 1.29 is 0 Å². The molecule has 3 aromatic rings. The molecule has 2 aromatic heterocycles. The van der Waals surface area contributed by atoms with E-state index in [-0.39, 0.29) is 0 Å². The van der Waals surface area contributed by atoms with Crippen LogP contribution in [-0.4, -0.2) is 44.3 Å². The maximum Gasteiger partial charge on any atom is 0.186 e. The average Bonchev–Trinajstić information content (AvgIpc) is 2.95. The van der Waals surface area contributed by atoms with Crippen LogP contribution < -0.4 is 5.32 Å². The van der Waals surface area contributed by atoms with E-state index in [1.807, 2.05) is 13.2 Å². The molecule has 0 aliphatic carbocycles. The Balaban J connectivity index is 1.59. The maximum atomic E-state index is 4.34. The molecule has 0 saturated heterocycles. The lowest BCUT2D eigenvalue weighted by atomic mass is 10.2. The Morgan fingerprint density at radius 2 is 2.17 bits per heavy atom. The van der Waals surface area contributed by atoms with Gasteiger partial charge >= 0.3 is 0 Å². The fourth-order valence-electron chi connectivity index (χ4n) is 2.67. The lowest BCUT2D eigenvalue weighted by Gasteiger charge is -2.21. The Morgan fingerprint density at radius 3 is 2.96 bits per heavy atom. The van der Waals surface area contributed by atoms with E-state index in [9.17, 15) is 0 Å². The fraction of sp³-hybridized carbons (Fsp3) is 0.353. The van der Waals surface area contributed by atoms with Crippen molar-refractivity contribution in [2.45, 2.75) is 13.5 Å². The first-order valence-corrected chi connectivity index (χ1v) is 8.80. The van der Waals surface area contributed by atoms with Crippen LogP contribution in [0.2, 0.25) is 0 Å². The smallest absolute Gasteiger partial charge is 0.186 e. The van der Waals surface area contributed by atoms with Crippen LogP contribution in [0, 0.1) is 0 Å². The van der Waals surface area contributed by atoms with Gasteiger partial charge in [0.2, 0.25) is 0 Å². The van der Waals surface area contributed by atoms with Crippen LogP contribution in [-0.2, 0) is 13.6 Å². The van der Waals surface area contributed by atoms with Crippen LogP contribution >= 0.6 is 15.9 Å². The summed E-state index contributed by atoms with van der Waals surface area (Å²) in [4.78, 5) is 10.9. The van der Waals surface area contributed by atoms with E-state index in [0.717, 1.165) is 47.5 Å². The molecule has 0 bridgehead atoms. The average molecular weight is 389 g/mol. The largest absolute Gasteiger partial charge is 0.368 e. The first kappa shape index (κ1) is 16.9. The molecule has 0 saturated carbocycles. The van der Waals surface area contributed by atoms with Gasteiger partial charge in [0.25, 0.3) is 0 Å². The van der Waals surface area contributed by atoms with Gasteiger partial charge in [0.05, 0.1) is 5.39 Å². The van der Waals surface area contributed by atoms with E-state index in [1.165, 1.54) is 5.56 Å². The van der Waals surface area contributed by atoms with Gasteiger partial charge in [-0.3, -0.25) is 9.58 Å². The van der Waals surface area contributed by atoms with Gasteiger partial charge in [0.15, 0.2) is 5.65 Å². The van der Waals surface area contributed by atoms with E-state index < -0.39 is 0 Å². The number of hydrogen-bond donors (Lipinski definition) is 1. The molecule has 0 aliphatic heterocycles. The molecular weight excluding hydrogens is 368 g/mol. The number of nitrogens with zero attached hydrogens (tertiary/aromatic N) is 5. The molecule has 7 heteroatoms. The summed E-state index contributed by atoms with van der Waals surface area (Å²) >= 11 is 3.53. The van der Waals surface area contributed by atoms with Crippen molar-refractivity contribution >= 4 is 32.8 Å². The van der Waals surface area contributed by atoms with Gasteiger partial charge in [-0.1, -0.05) is 35.0 Å². The maximum absolute atomic E-state index is 4.34. The number of halogens is 1. The van der Waals surface area contributed by atoms with Crippen molar-refractivity contribution in [3.05, 3.63) is 46.8 Å². The SMILES string of the molecule is CCN(CCNc1ncnc2nn(C)cc12)Cc1cccc(Br)c1. The Bertz CT molecular complexity index is 816. The molecule has 3 rings (SSSR count). The predicted octanol–water partition coefficient (Wildman–Crippen LogP) is 3.06. The molecule has 0 fully saturated rings. The molecule has 2 heterocycles. The van der Waals surface area contributed by atoms with Crippen LogP contribution in [0.5, 0.6) is 0 Å². The zero-order valence-corrected chi connectivity index (χ0v) is 15.5. The van der Waals surface area contributed by atoms with Crippen molar-refractivity contribution in [2.75, 3.05) is 25.0 Å². The molecule has 0 aliphatic rings. The number of rotatable bonds is 7. The molecule has 0 amide bonds. The fourth-order valence-corrected chi connectivity index (χ4v) is 3.11. The number of nitrogens with one attached hydrogen (secondary N) is 1. The van der Waals surface area contributed by atoms with Gasteiger partial charge < -0.3 is 5.32 Å². The van der Waals surface area contributed by atoms with Crippen molar-refractivity contribution in [3.63, 3.8) is 0 Å². The molecule has 0 atom stereocenters. The van der Waals surface area contributed by atoms with E-state index in [0.29, 0.717) is 0 Å². The Kier molecular flexibility index (Phi) is 5.42. The minimum atomic E-state index is 0.719. The summed E-state index contributed by atoms with van der Waals surface area (Å²) < 4.78 is 2.88. The molecule has 0 radical (unpaired) electrons. The van der Waals surface area contributed by atoms with E-state index in [4.69, 9.17) is 0 Å². The first-order chi connectivity index (χ1) is 11.7. The van der Waals surface area contributed by atoms with E-state index in [1.54, 1.807) is 11.0 Å². The molecule has 1 N–H and O–H groups in total. The van der Waals surface area contributed by atoms with Crippen LogP contribution in [0.15, 0.2) is 41.3 Å². The van der Waals surface area contributed by atoms with E-state index >= 15 is 0 Å². The number of aromatic nitrogens is 4. The van der Waals surface area contributed by atoms with Crippen molar-refractivity contribution in [1.29, 1.82) is 0 Å². The molecule has 6 nitrogen and oxygen atoms in total. The molecule has 24 heavy (non-hydrogen) atoms. The second-order valence-electron chi connectivity index (χ2n) is 5.69. The van der Waals surface area contributed by atoms with Crippen molar-refractivity contribution in [1.82, 2.24) is 24.6 Å². The minimum Gasteiger partial charge on any atom is -0.368 e. The summed E-state index contributed by atoms with van der Waals surface area (Å²) in [6.45, 7) is 5.88. The van der Waals surface area contributed by atoms with Gasteiger partial charge in [-0.25, -0.2) is 9.97 Å². The standard InChI is InChI=1S/C17H21BrN6/c1-3-24(10-13-5-4-6-14(18)9-13)8-7-19-16-15-11-23(2)22-17(15)21-12-20-16/h4-6,9,11-12H,3,7-8,10H2,1-2H3,(H,19,20,21,22). The van der Waals surface area contributed by atoms with Gasteiger partial charge in [-0.05, 0) is 24.2 Å². The van der Waals surface area contributed by atoms with Crippen molar-refractivity contribution in [3.8, 4) is 0 Å². The predicted molar refractivity (Wildman–Crippen MR) is 99.9 cm³/mol. The van der Waals surface area contributed by atoms with Gasteiger partial charge in [0.1, 0.15) is 12.1 Å². The van der Waals surface area contributed by atoms with Gasteiger partial charge in [0, 0.05) is 37.4 Å². The topological polar surface area (TPSA) is 58.9 Å². The summed E-state index contributed by atoms with van der Waals surface area (Å²) in [5, 5.41) is 8.67. The van der Waals surface area contributed by atoms with Crippen LogP contribution in [0.4, 0.5) is 5.82 Å². The number of hydrogen-bond acceptors (Lipinski definition) is 5. The second kappa shape index (κ2) is 7.72. The summed E-state index contributed by atoms with van der Waals surface area (Å²) in [5.74, 6) is 0.839. The number of aryl methyl sites for hydroxylation is 1. The Labute approximate surface area is 150 Å². The molecule has 0 spiro atoms. The highest BCUT2D eigenvalue weighted by atomic mass is 79.9. The molecular formula is C17H21BrN6. The van der Waals surface area contributed by atoms with Crippen LogP contribution in [0.1, 0.15) is 12.5 Å². The highest BCUT2D eigenvalue weighted by molar-refractivity contribution is 9.10. The van der Waals surface area contributed by atoms with Gasteiger partial charge in [-0.2, -0.15) is 5.10 Å². The van der Waals surface area contributed by atoms with Crippen LogP contribution in [0.25, 0.3) is 11.0 Å². The van der Waals surface area contributed by atoms with Crippen LogP contribution in [0.3, 0.4) is 0 Å². The molecule has 1 aromatic carbocycles. The summed E-state index contributed by atoms with van der Waals surface area (Å²) in [5.41, 5.74) is 2.03. The number of anilines is 1. The second-order valence-corrected chi connectivity index (χ2v) is 6.60. The summed E-state index contributed by atoms with van der Waals surface area (Å²) in [7, 11) is 1.89.